The van der Waals surface area contributed by atoms with Gasteiger partial charge in [-0.15, -0.1) is 0 Å². The van der Waals surface area contributed by atoms with E-state index < -0.39 is 11.9 Å². The highest BCUT2D eigenvalue weighted by molar-refractivity contribution is 5.94. The molecular formula is C12H15NO4. The zero-order chi connectivity index (χ0) is 12.4. The van der Waals surface area contributed by atoms with Crippen LogP contribution < -0.4 is 0 Å². The average Bonchev–Trinajstić information content (AvgIpc) is 2.75. The monoisotopic (exact) mass is 237 g/mol. The molecule has 2 heterocycles. The van der Waals surface area contributed by atoms with E-state index in [0.717, 1.165) is 6.42 Å². The van der Waals surface area contributed by atoms with E-state index in [4.69, 9.17) is 9.52 Å². The summed E-state index contributed by atoms with van der Waals surface area (Å²) in [5.74, 6) is -0.737. The Hall–Kier alpha value is -1.78. The third-order valence-corrected chi connectivity index (χ3v) is 3.04. The zero-order valence-corrected chi connectivity index (χ0v) is 9.68. The molecule has 0 unspecified atom stereocenters. The molecule has 5 nitrogen and oxygen atoms in total. The second-order valence-corrected chi connectivity index (χ2v) is 4.37. The van der Waals surface area contributed by atoms with Crippen LogP contribution in [0, 0.1) is 12.8 Å². The first kappa shape index (κ1) is 11.7. The Morgan fingerprint density at radius 3 is 2.88 bits per heavy atom. The Bertz CT molecular complexity index is 437. The molecule has 1 aliphatic rings. The van der Waals surface area contributed by atoms with Crippen LogP contribution in [0.1, 0.15) is 29.0 Å². The van der Waals surface area contributed by atoms with E-state index >= 15 is 0 Å². The third kappa shape index (κ3) is 2.49. The Balaban J connectivity index is 2.07. The summed E-state index contributed by atoms with van der Waals surface area (Å²) >= 11 is 0. The first-order valence-corrected chi connectivity index (χ1v) is 5.65. The molecule has 17 heavy (non-hydrogen) atoms. The number of rotatable bonds is 2. The van der Waals surface area contributed by atoms with E-state index in [1.807, 2.05) is 0 Å². The Kier molecular flexibility index (Phi) is 3.17. The summed E-state index contributed by atoms with van der Waals surface area (Å²) < 4.78 is 5.09. The van der Waals surface area contributed by atoms with Crippen molar-refractivity contribution in [3.63, 3.8) is 0 Å². The molecule has 0 radical (unpaired) electrons. The van der Waals surface area contributed by atoms with Crippen LogP contribution in [-0.4, -0.2) is 35.0 Å². The van der Waals surface area contributed by atoms with E-state index in [1.165, 1.54) is 6.26 Å². The van der Waals surface area contributed by atoms with Gasteiger partial charge in [0.2, 0.25) is 0 Å². The maximum atomic E-state index is 12.1. The first-order chi connectivity index (χ1) is 8.08. The van der Waals surface area contributed by atoms with Gasteiger partial charge in [0, 0.05) is 13.1 Å². The molecule has 0 aromatic carbocycles. The number of likely N-dealkylation sites (tertiary alicyclic amines) is 1. The summed E-state index contributed by atoms with van der Waals surface area (Å²) in [6.07, 6.45) is 2.80. The maximum Gasteiger partial charge on any atom is 0.308 e. The van der Waals surface area contributed by atoms with Crippen LogP contribution in [0.4, 0.5) is 0 Å². The number of hydrogen-bond donors (Lipinski definition) is 1. The predicted molar refractivity (Wildman–Crippen MR) is 59.7 cm³/mol. The molecule has 1 aliphatic heterocycles. The summed E-state index contributed by atoms with van der Waals surface area (Å²) in [5, 5.41) is 8.96. The molecule has 2 rings (SSSR count). The number of amides is 1. The van der Waals surface area contributed by atoms with Crippen molar-refractivity contribution in [2.24, 2.45) is 5.92 Å². The molecule has 1 aromatic rings. The summed E-state index contributed by atoms with van der Waals surface area (Å²) in [4.78, 5) is 24.6. The van der Waals surface area contributed by atoms with Crippen molar-refractivity contribution in [1.29, 1.82) is 0 Å². The molecule has 1 N–H and O–H groups in total. The SMILES string of the molecule is Cc1cc(C(=O)N2CCC[C@@H](C(=O)O)C2)co1. The summed E-state index contributed by atoms with van der Waals surface area (Å²) in [7, 11) is 0. The van der Waals surface area contributed by atoms with Crippen LogP contribution in [0.2, 0.25) is 0 Å². The predicted octanol–water partition coefficient (Wildman–Crippen LogP) is 1.52. The van der Waals surface area contributed by atoms with Crippen molar-refractivity contribution in [3.05, 3.63) is 23.7 Å². The summed E-state index contributed by atoms with van der Waals surface area (Å²) in [6, 6.07) is 1.67. The van der Waals surface area contributed by atoms with E-state index in [2.05, 4.69) is 0 Å². The number of nitrogens with zero attached hydrogens (tertiary/aromatic N) is 1. The zero-order valence-electron chi connectivity index (χ0n) is 9.68. The van der Waals surface area contributed by atoms with Crippen LogP contribution in [0.5, 0.6) is 0 Å². The minimum Gasteiger partial charge on any atom is -0.481 e. The largest absolute Gasteiger partial charge is 0.481 e. The summed E-state index contributed by atoms with van der Waals surface area (Å²) in [5.41, 5.74) is 0.494. The van der Waals surface area contributed by atoms with Crippen LogP contribution in [0.15, 0.2) is 16.7 Å². The van der Waals surface area contributed by atoms with Crippen molar-refractivity contribution in [2.45, 2.75) is 19.8 Å². The lowest BCUT2D eigenvalue weighted by molar-refractivity contribution is -0.143. The summed E-state index contributed by atoms with van der Waals surface area (Å²) in [6.45, 7) is 2.68. The highest BCUT2D eigenvalue weighted by Gasteiger charge is 2.29. The smallest absolute Gasteiger partial charge is 0.308 e. The van der Waals surface area contributed by atoms with Crippen LogP contribution in [-0.2, 0) is 4.79 Å². The number of carboxylic acids is 1. The molecule has 1 fully saturated rings. The number of carbonyl (C=O) groups is 2. The average molecular weight is 237 g/mol. The highest BCUT2D eigenvalue weighted by Crippen LogP contribution is 2.19. The molecule has 0 saturated carbocycles. The van der Waals surface area contributed by atoms with Crippen molar-refractivity contribution < 1.29 is 19.1 Å². The van der Waals surface area contributed by atoms with Gasteiger partial charge in [-0.2, -0.15) is 0 Å². The molecule has 0 spiro atoms. The molecule has 1 aromatic heterocycles. The quantitative estimate of drug-likeness (QED) is 0.846. The topological polar surface area (TPSA) is 70.8 Å². The molecule has 92 valence electrons. The van der Waals surface area contributed by atoms with Crippen LogP contribution in [0.3, 0.4) is 0 Å². The Morgan fingerprint density at radius 1 is 1.53 bits per heavy atom. The first-order valence-electron chi connectivity index (χ1n) is 5.65. The van der Waals surface area contributed by atoms with Gasteiger partial charge in [0.25, 0.3) is 5.91 Å². The normalized spacial score (nSPS) is 20.3. The molecular weight excluding hydrogens is 222 g/mol. The molecule has 1 saturated heterocycles. The molecule has 1 amide bonds. The number of furan rings is 1. The third-order valence-electron chi connectivity index (χ3n) is 3.04. The van der Waals surface area contributed by atoms with Gasteiger partial charge in [-0.3, -0.25) is 9.59 Å². The second-order valence-electron chi connectivity index (χ2n) is 4.37. The fourth-order valence-corrected chi connectivity index (χ4v) is 2.10. The van der Waals surface area contributed by atoms with Gasteiger partial charge in [0.05, 0.1) is 11.5 Å². The lowest BCUT2D eigenvalue weighted by atomic mass is 9.98. The fraction of sp³-hybridized carbons (Fsp3) is 0.500. The Morgan fingerprint density at radius 2 is 2.29 bits per heavy atom. The van der Waals surface area contributed by atoms with Crippen LogP contribution >= 0.6 is 0 Å². The fourth-order valence-electron chi connectivity index (χ4n) is 2.10. The van der Waals surface area contributed by atoms with Crippen molar-refractivity contribution >= 4 is 11.9 Å². The minimum absolute atomic E-state index is 0.146. The van der Waals surface area contributed by atoms with E-state index in [0.29, 0.717) is 30.8 Å². The molecule has 1 atom stereocenters. The van der Waals surface area contributed by atoms with Crippen molar-refractivity contribution in [2.75, 3.05) is 13.1 Å². The van der Waals surface area contributed by atoms with E-state index in [-0.39, 0.29) is 5.91 Å². The molecule has 5 heteroatoms. The van der Waals surface area contributed by atoms with Gasteiger partial charge in [-0.1, -0.05) is 0 Å². The maximum absolute atomic E-state index is 12.1. The van der Waals surface area contributed by atoms with Crippen LogP contribution in [0.25, 0.3) is 0 Å². The lowest BCUT2D eigenvalue weighted by Gasteiger charge is -2.30. The second kappa shape index (κ2) is 4.61. The number of aliphatic carboxylic acids is 1. The van der Waals surface area contributed by atoms with Gasteiger partial charge in [0.15, 0.2) is 0 Å². The minimum atomic E-state index is -0.828. The number of hydrogen-bond acceptors (Lipinski definition) is 3. The van der Waals surface area contributed by atoms with Gasteiger partial charge in [-0.25, -0.2) is 0 Å². The van der Waals surface area contributed by atoms with Gasteiger partial charge >= 0.3 is 5.97 Å². The lowest BCUT2D eigenvalue weighted by Crippen LogP contribution is -2.42. The molecule has 0 bridgehead atoms. The van der Waals surface area contributed by atoms with E-state index in [1.54, 1.807) is 17.9 Å². The number of carboxylic acid groups (broad SMARTS) is 1. The van der Waals surface area contributed by atoms with Gasteiger partial charge < -0.3 is 14.4 Å². The van der Waals surface area contributed by atoms with Gasteiger partial charge in [-0.05, 0) is 25.8 Å². The standard InChI is InChI=1S/C12H15NO4/c1-8-5-10(7-17-8)11(14)13-4-2-3-9(6-13)12(15)16/h5,7,9H,2-4,6H2,1H3,(H,15,16)/t9-/m1/s1. The van der Waals surface area contributed by atoms with Gasteiger partial charge in [0.1, 0.15) is 12.0 Å². The number of carbonyl (C=O) groups excluding carboxylic acids is 1. The van der Waals surface area contributed by atoms with E-state index in [9.17, 15) is 9.59 Å². The molecule has 0 aliphatic carbocycles. The van der Waals surface area contributed by atoms with Crippen molar-refractivity contribution in [1.82, 2.24) is 4.90 Å². The Labute approximate surface area is 99.0 Å². The highest BCUT2D eigenvalue weighted by atomic mass is 16.4. The number of aryl methyl sites for hydroxylation is 1. The number of piperidine rings is 1. The van der Waals surface area contributed by atoms with Crippen molar-refractivity contribution in [3.8, 4) is 0 Å².